The summed E-state index contributed by atoms with van der Waals surface area (Å²) in [4.78, 5) is 22.6. The Morgan fingerprint density at radius 2 is 1.68 bits per heavy atom. The number of ether oxygens (including phenoxy) is 1. The van der Waals surface area contributed by atoms with Crippen LogP contribution in [0, 0.1) is 6.92 Å². The number of hydrogen-bond donors (Lipinski definition) is 0. The molecule has 0 saturated carbocycles. The minimum Gasteiger partial charge on any atom is -0.477 e. The molecule has 2 aromatic rings. The van der Waals surface area contributed by atoms with Gasteiger partial charge in [-0.3, -0.25) is 4.79 Å². The van der Waals surface area contributed by atoms with Gasteiger partial charge in [0.2, 0.25) is 5.88 Å². The van der Waals surface area contributed by atoms with E-state index in [9.17, 15) is 31.1 Å². The topological polar surface area (TPSA) is 55.3 Å². The van der Waals surface area contributed by atoms with E-state index in [1.165, 1.54) is 16.7 Å². The molecule has 0 N–H and O–H groups in total. The lowest BCUT2D eigenvalue weighted by atomic mass is 10.0. The molecule has 0 radical (unpaired) electrons. The normalized spacial score (nSPS) is 15.2. The van der Waals surface area contributed by atoms with Gasteiger partial charge in [0.1, 0.15) is 5.56 Å². The molecule has 1 aliphatic heterocycles. The minimum absolute atomic E-state index is 0.0421. The number of nitrogens with zero attached hydrogens (tertiary/aromatic N) is 3. The third-order valence-corrected chi connectivity index (χ3v) is 5.10. The summed E-state index contributed by atoms with van der Waals surface area (Å²) >= 11 is 1.24. The fraction of sp³-hybridized carbons (Fsp3) is 0.421. The van der Waals surface area contributed by atoms with Crippen LogP contribution in [0.25, 0.3) is 0 Å². The number of carbonyl (C=O) groups excluding carboxylic acids is 1. The average molecular weight is 465 g/mol. The number of amides is 1. The number of halogens is 6. The second-order valence-corrected chi connectivity index (χ2v) is 7.59. The molecule has 31 heavy (non-hydrogen) atoms. The fourth-order valence-corrected chi connectivity index (χ4v) is 3.53. The number of fused-ring (bicyclic) bond motifs is 1. The predicted octanol–water partition coefficient (Wildman–Crippen LogP) is 4.97. The number of thioether (sulfide) groups is 1. The van der Waals surface area contributed by atoms with Crippen LogP contribution >= 0.6 is 11.8 Å². The molecule has 0 fully saturated rings. The van der Waals surface area contributed by atoms with Crippen molar-refractivity contribution in [2.75, 3.05) is 19.4 Å². The zero-order chi connectivity index (χ0) is 23.0. The largest absolute Gasteiger partial charge is 0.477 e. The zero-order valence-electron chi connectivity index (χ0n) is 16.4. The third kappa shape index (κ3) is 5.23. The molecule has 12 heteroatoms. The summed E-state index contributed by atoms with van der Waals surface area (Å²) in [6.45, 7) is 1.39. The number of carbonyl (C=O) groups is 1. The van der Waals surface area contributed by atoms with Gasteiger partial charge in [-0.2, -0.15) is 31.3 Å². The van der Waals surface area contributed by atoms with Crippen LogP contribution in [0.3, 0.4) is 0 Å². The Labute approximate surface area is 177 Å². The van der Waals surface area contributed by atoms with Crippen LogP contribution in [0.5, 0.6) is 5.88 Å². The first kappa shape index (κ1) is 23.2. The number of aryl methyl sites for hydroxylation is 1. The van der Waals surface area contributed by atoms with Crippen LogP contribution in [0.1, 0.15) is 39.2 Å². The van der Waals surface area contributed by atoms with Gasteiger partial charge in [0, 0.05) is 13.1 Å². The van der Waals surface area contributed by atoms with Crippen molar-refractivity contribution in [1.82, 2.24) is 14.9 Å². The highest BCUT2D eigenvalue weighted by Crippen LogP contribution is 2.37. The second kappa shape index (κ2) is 8.56. The maximum absolute atomic E-state index is 13.1. The monoisotopic (exact) mass is 465 g/mol. The van der Waals surface area contributed by atoms with Gasteiger partial charge in [0.05, 0.1) is 23.4 Å². The van der Waals surface area contributed by atoms with Gasteiger partial charge in [0.15, 0.2) is 5.16 Å². The molecule has 0 spiro atoms. The van der Waals surface area contributed by atoms with Crippen LogP contribution in [0.4, 0.5) is 26.3 Å². The Hall–Kier alpha value is -2.50. The average Bonchev–Trinajstić information content (AvgIpc) is 2.66. The van der Waals surface area contributed by atoms with E-state index in [0.717, 1.165) is 0 Å². The van der Waals surface area contributed by atoms with Crippen molar-refractivity contribution in [3.63, 3.8) is 0 Å². The molecule has 1 aromatic heterocycles. The quantitative estimate of drug-likeness (QED) is 0.364. The Bertz CT molecular complexity index is 962. The van der Waals surface area contributed by atoms with Crippen LogP contribution < -0.4 is 4.74 Å². The van der Waals surface area contributed by atoms with Crippen molar-refractivity contribution in [1.29, 1.82) is 0 Å². The molecule has 1 amide bonds. The summed E-state index contributed by atoms with van der Waals surface area (Å²) in [6, 6.07) is 1.31. The first-order valence-corrected chi connectivity index (χ1v) is 10.3. The zero-order valence-corrected chi connectivity index (χ0v) is 17.2. The number of alkyl halides is 6. The van der Waals surface area contributed by atoms with Crippen molar-refractivity contribution in [3.8, 4) is 5.88 Å². The Balaban J connectivity index is 2.01. The molecule has 2 heterocycles. The van der Waals surface area contributed by atoms with Crippen molar-refractivity contribution in [3.05, 3.63) is 46.1 Å². The lowest BCUT2D eigenvalue weighted by Gasteiger charge is -2.27. The predicted molar refractivity (Wildman–Crippen MR) is 99.8 cm³/mol. The summed E-state index contributed by atoms with van der Waals surface area (Å²) in [5, 5.41) is 0.379. The molecule has 0 unspecified atom stereocenters. The maximum Gasteiger partial charge on any atom is 0.416 e. The van der Waals surface area contributed by atoms with Gasteiger partial charge < -0.3 is 9.64 Å². The molecular weight excluding hydrogens is 448 g/mol. The van der Waals surface area contributed by atoms with E-state index in [1.54, 1.807) is 13.2 Å². The van der Waals surface area contributed by atoms with Gasteiger partial charge in [0.25, 0.3) is 5.91 Å². The molecular formula is C19H17F6N3O2S. The van der Waals surface area contributed by atoms with Crippen molar-refractivity contribution in [2.24, 2.45) is 0 Å². The van der Waals surface area contributed by atoms with Crippen LogP contribution in [0.2, 0.25) is 0 Å². The summed E-state index contributed by atoms with van der Waals surface area (Å²) in [5.41, 5.74) is -2.78. The van der Waals surface area contributed by atoms with Gasteiger partial charge >= 0.3 is 12.4 Å². The Morgan fingerprint density at radius 3 is 2.23 bits per heavy atom. The van der Waals surface area contributed by atoms with Crippen LogP contribution in [-0.2, 0) is 18.9 Å². The highest BCUT2D eigenvalue weighted by Gasteiger charge is 2.37. The number of rotatable bonds is 3. The standard InChI is InChI=1S/C19H17F6N3O2S/c1-10-14-15(27-17(26-10)31-2)30-5-3-4-28(16(14)29)9-11-6-12(18(20,21)22)8-13(7-11)19(23,24)25/h6-8H,3-5,9H2,1-2H3. The molecule has 0 atom stereocenters. The van der Waals surface area contributed by atoms with Gasteiger partial charge in [-0.25, -0.2) is 4.98 Å². The summed E-state index contributed by atoms with van der Waals surface area (Å²) in [7, 11) is 0. The highest BCUT2D eigenvalue weighted by molar-refractivity contribution is 7.98. The lowest BCUT2D eigenvalue weighted by Crippen LogP contribution is -2.35. The minimum atomic E-state index is -4.96. The highest BCUT2D eigenvalue weighted by atomic mass is 32.2. The summed E-state index contributed by atoms with van der Waals surface area (Å²) < 4.78 is 84.4. The maximum atomic E-state index is 13.1. The van der Waals surface area contributed by atoms with E-state index in [4.69, 9.17) is 4.74 Å². The van der Waals surface area contributed by atoms with E-state index < -0.39 is 35.9 Å². The summed E-state index contributed by atoms with van der Waals surface area (Å²) in [5.74, 6) is -0.572. The van der Waals surface area contributed by atoms with Crippen molar-refractivity contribution >= 4 is 17.7 Å². The van der Waals surface area contributed by atoms with E-state index >= 15 is 0 Å². The lowest BCUT2D eigenvalue weighted by molar-refractivity contribution is -0.143. The number of hydrogen-bond acceptors (Lipinski definition) is 5. The second-order valence-electron chi connectivity index (χ2n) is 6.82. The molecule has 3 rings (SSSR count). The molecule has 1 aromatic carbocycles. The molecule has 1 aliphatic rings. The van der Waals surface area contributed by atoms with Crippen molar-refractivity contribution < 1.29 is 35.9 Å². The summed E-state index contributed by atoms with van der Waals surface area (Å²) in [6.07, 6.45) is -7.86. The Kier molecular flexibility index (Phi) is 6.40. The molecule has 5 nitrogen and oxygen atoms in total. The van der Waals surface area contributed by atoms with Crippen LogP contribution in [0.15, 0.2) is 23.4 Å². The van der Waals surface area contributed by atoms with Crippen molar-refractivity contribution in [2.45, 2.75) is 37.4 Å². The van der Waals surface area contributed by atoms with E-state index in [-0.39, 0.29) is 36.2 Å². The fourth-order valence-electron chi connectivity index (χ4n) is 3.13. The number of benzene rings is 1. The molecule has 168 valence electrons. The van der Waals surface area contributed by atoms with Gasteiger partial charge in [-0.15, -0.1) is 0 Å². The smallest absolute Gasteiger partial charge is 0.416 e. The van der Waals surface area contributed by atoms with E-state index in [0.29, 0.717) is 29.4 Å². The molecule has 0 bridgehead atoms. The number of aromatic nitrogens is 2. The van der Waals surface area contributed by atoms with E-state index in [2.05, 4.69) is 9.97 Å². The first-order chi connectivity index (χ1) is 14.4. The van der Waals surface area contributed by atoms with Crippen LogP contribution in [-0.4, -0.2) is 40.2 Å². The van der Waals surface area contributed by atoms with E-state index in [1.807, 2.05) is 0 Å². The van der Waals surface area contributed by atoms with Gasteiger partial charge in [-0.05, 0) is 43.4 Å². The first-order valence-electron chi connectivity index (χ1n) is 9.03. The SMILES string of the molecule is CSc1nc(C)c2c(n1)OCCCN(Cc1cc(C(F)(F)F)cc(C(F)(F)F)c1)C2=O. The third-order valence-electron chi connectivity index (χ3n) is 4.55. The Morgan fingerprint density at radius 1 is 1.06 bits per heavy atom. The van der Waals surface area contributed by atoms with Gasteiger partial charge in [-0.1, -0.05) is 11.8 Å². The molecule has 0 aliphatic carbocycles. The molecule has 0 saturated heterocycles.